The zero-order valence-corrected chi connectivity index (χ0v) is 12.6. The Balaban J connectivity index is 2.20. The van der Waals surface area contributed by atoms with Gasteiger partial charge in [0, 0.05) is 12.0 Å². The molecule has 1 N–H and O–H groups in total. The van der Waals surface area contributed by atoms with Crippen molar-refractivity contribution in [2.45, 2.75) is 18.9 Å². The fourth-order valence-electron chi connectivity index (χ4n) is 3.09. The number of hydrogen-bond donors (Lipinski definition) is 1. The lowest BCUT2D eigenvalue weighted by Gasteiger charge is -2.26. The summed E-state index contributed by atoms with van der Waals surface area (Å²) < 4.78 is 0. The molecular weight excluding hydrogens is 254 g/mol. The molecule has 21 heavy (non-hydrogen) atoms. The van der Waals surface area contributed by atoms with Crippen LogP contribution in [0.3, 0.4) is 0 Å². The molecule has 0 radical (unpaired) electrons. The molecule has 0 heterocycles. The Morgan fingerprint density at radius 1 is 0.762 bits per heavy atom. The van der Waals surface area contributed by atoms with Crippen LogP contribution in [0.15, 0.2) is 72.8 Å². The Labute approximate surface area is 126 Å². The quantitative estimate of drug-likeness (QED) is 0.735. The Morgan fingerprint density at radius 3 is 2.19 bits per heavy atom. The molecule has 0 aliphatic carbocycles. The van der Waals surface area contributed by atoms with Gasteiger partial charge >= 0.3 is 0 Å². The second-order valence-corrected chi connectivity index (χ2v) is 5.53. The van der Waals surface area contributed by atoms with Crippen LogP contribution in [0, 0.1) is 0 Å². The van der Waals surface area contributed by atoms with E-state index in [1.807, 2.05) is 7.05 Å². The van der Waals surface area contributed by atoms with Gasteiger partial charge in [-0.2, -0.15) is 0 Å². The summed E-state index contributed by atoms with van der Waals surface area (Å²) in [7, 11) is 2.03. The molecule has 2 unspecified atom stereocenters. The molecule has 0 saturated heterocycles. The Bertz CT molecular complexity index is 713. The van der Waals surface area contributed by atoms with E-state index in [1.165, 1.54) is 21.9 Å². The van der Waals surface area contributed by atoms with E-state index in [9.17, 15) is 0 Å². The average Bonchev–Trinajstić information content (AvgIpc) is 2.56. The van der Waals surface area contributed by atoms with Crippen molar-refractivity contribution in [3.8, 4) is 0 Å². The van der Waals surface area contributed by atoms with Crippen molar-refractivity contribution in [3.63, 3.8) is 0 Å². The van der Waals surface area contributed by atoms with Crippen molar-refractivity contribution < 1.29 is 0 Å². The summed E-state index contributed by atoms with van der Waals surface area (Å²) in [6.45, 7) is 2.25. The summed E-state index contributed by atoms with van der Waals surface area (Å²) in [5.74, 6) is 0.349. The first-order valence-corrected chi connectivity index (χ1v) is 7.51. The van der Waals surface area contributed by atoms with Gasteiger partial charge in [-0.25, -0.2) is 0 Å². The van der Waals surface area contributed by atoms with Crippen LogP contribution in [0.5, 0.6) is 0 Å². The molecule has 2 atom stereocenters. The molecule has 0 spiro atoms. The van der Waals surface area contributed by atoms with Gasteiger partial charge < -0.3 is 5.32 Å². The molecular formula is C20H21N. The fourth-order valence-corrected chi connectivity index (χ4v) is 3.09. The van der Waals surface area contributed by atoms with Gasteiger partial charge in [-0.05, 0) is 35.9 Å². The third kappa shape index (κ3) is 2.70. The summed E-state index contributed by atoms with van der Waals surface area (Å²) >= 11 is 0. The van der Waals surface area contributed by atoms with E-state index in [4.69, 9.17) is 0 Å². The van der Waals surface area contributed by atoms with Gasteiger partial charge in [0.25, 0.3) is 0 Å². The summed E-state index contributed by atoms with van der Waals surface area (Å²) in [6, 6.07) is 26.4. The lowest BCUT2D eigenvalue weighted by molar-refractivity contribution is 0.549. The summed E-state index contributed by atoms with van der Waals surface area (Å²) in [5.41, 5.74) is 2.75. The summed E-state index contributed by atoms with van der Waals surface area (Å²) in [4.78, 5) is 0. The maximum Gasteiger partial charge on any atom is 0.0246 e. The smallest absolute Gasteiger partial charge is 0.0246 e. The number of rotatable bonds is 4. The van der Waals surface area contributed by atoms with Gasteiger partial charge in [-0.1, -0.05) is 72.8 Å². The Hall–Kier alpha value is -2.12. The molecule has 1 nitrogen and oxygen atoms in total. The molecule has 0 saturated carbocycles. The molecule has 0 aliphatic rings. The highest BCUT2D eigenvalue weighted by Crippen LogP contribution is 2.33. The minimum atomic E-state index is 0.349. The van der Waals surface area contributed by atoms with Crippen molar-refractivity contribution in [1.82, 2.24) is 5.32 Å². The zero-order chi connectivity index (χ0) is 14.7. The molecule has 3 aromatic carbocycles. The van der Waals surface area contributed by atoms with E-state index in [1.54, 1.807) is 0 Å². The van der Waals surface area contributed by atoms with Gasteiger partial charge in [0.15, 0.2) is 0 Å². The Kier molecular flexibility index (Phi) is 4.03. The number of likely N-dealkylation sites (N-methyl/N-ethyl adjacent to an activating group) is 1. The molecule has 0 fully saturated rings. The first-order chi connectivity index (χ1) is 10.3. The van der Waals surface area contributed by atoms with Crippen LogP contribution >= 0.6 is 0 Å². The highest BCUT2D eigenvalue weighted by atomic mass is 14.9. The molecule has 3 rings (SSSR count). The van der Waals surface area contributed by atoms with Gasteiger partial charge in [0.1, 0.15) is 0 Å². The fraction of sp³-hybridized carbons (Fsp3) is 0.200. The first kappa shape index (κ1) is 13.8. The minimum absolute atomic E-state index is 0.349. The predicted molar refractivity (Wildman–Crippen MR) is 90.8 cm³/mol. The van der Waals surface area contributed by atoms with E-state index in [0.29, 0.717) is 12.0 Å². The largest absolute Gasteiger partial charge is 0.316 e. The monoisotopic (exact) mass is 275 g/mol. The van der Waals surface area contributed by atoms with E-state index < -0.39 is 0 Å². The van der Waals surface area contributed by atoms with Crippen LogP contribution < -0.4 is 5.32 Å². The number of hydrogen-bond acceptors (Lipinski definition) is 1. The van der Waals surface area contributed by atoms with E-state index in [0.717, 1.165) is 0 Å². The molecule has 3 aromatic rings. The van der Waals surface area contributed by atoms with Crippen LogP contribution in [0.2, 0.25) is 0 Å². The second kappa shape index (κ2) is 6.11. The second-order valence-electron chi connectivity index (χ2n) is 5.53. The summed E-state index contributed by atoms with van der Waals surface area (Å²) in [5, 5.41) is 6.08. The van der Waals surface area contributed by atoms with Crippen molar-refractivity contribution >= 4 is 10.8 Å². The number of benzene rings is 3. The third-order valence-electron chi connectivity index (χ3n) is 4.27. The van der Waals surface area contributed by atoms with E-state index in [2.05, 4.69) is 85.0 Å². The number of nitrogens with one attached hydrogen (secondary N) is 1. The molecule has 0 bridgehead atoms. The SMILES string of the molecule is CNC(C)C(c1ccccc1)c1cccc2ccccc12. The normalized spacial score (nSPS) is 14.0. The van der Waals surface area contributed by atoms with Gasteiger partial charge in [-0.3, -0.25) is 0 Å². The molecule has 0 amide bonds. The van der Waals surface area contributed by atoms with Crippen LogP contribution in [-0.2, 0) is 0 Å². The standard InChI is InChI=1S/C20H21N/c1-15(21-2)20(17-10-4-3-5-11-17)19-14-8-12-16-9-6-7-13-18(16)19/h3-15,20-21H,1-2H3. The molecule has 1 heteroatoms. The van der Waals surface area contributed by atoms with Crippen LogP contribution in [0.1, 0.15) is 24.0 Å². The van der Waals surface area contributed by atoms with Crippen LogP contribution in [0.4, 0.5) is 0 Å². The van der Waals surface area contributed by atoms with Crippen molar-refractivity contribution in [2.24, 2.45) is 0 Å². The highest BCUT2D eigenvalue weighted by Gasteiger charge is 2.21. The van der Waals surface area contributed by atoms with E-state index >= 15 is 0 Å². The maximum atomic E-state index is 3.43. The lowest BCUT2D eigenvalue weighted by atomic mass is 9.83. The van der Waals surface area contributed by atoms with E-state index in [-0.39, 0.29) is 0 Å². The minimum Gasteiger partial charge on any atom is -0.316 e. The molecule has 0 aromatic heterocycles. The first-order valence-electron chi connectivity index (χ1n) is 7.51. The number of fused-ring (bicyclic) bond motifs is 1. The average molecular weight is 275 g/mol. The van der Waals surface area contributed by atoms with Gasteiger partial charge in [0.2, 0.25) is 0 Å². The third-order valence-corrected chi connectivity index (χ3v) is 4.27. The van der Waals surface area contributed by atoms with Crippen molar-refractivity contribution in [1.29, 1.82) is 0 Å². The summed E-state index contributed by atoms with van der Waals surface area (Å²) in [6.07, 6.45) is 0. The van der Waals surface area contributed by atoms with Crippen LogP contribution in [-0.4, -0.2) is 13.1 Å². The van der Waals surface area contributed by atoms with Crippen LogP contribution in [0.25, 0.3) is 10.8 Å². The van der Waals surface area contributed by atoms with Crippen molar-refractivity contribution in [2.75, 3.05) is 7.05 Å². The Morgan fingerprint density at radius 2 is 1.43 bits per heavy atom. The van der Waals surface area contributed by atoms with Gasteiger partial charge in [-0.15, -0.1) is 0 Å². The topological polar surface area (TPSA) is 12.0 Å². The zero-order valence-electron chi connectivity index (χ0n) is 12.6. The highest BCUT2D eigenvalue weighted by molar-refractivity contribution is 5.86. The van der Waals surface area contributed by atoms with Crippen molar-refractivity contribution in [3.05, 3.63) is 83.9 Å². The molecule has 106 valence electrons. The maximum absolute atomic E-state index is 3.43. The molecule has 0 aliphatic heterocycles. The predicted octanol–water partition coefficient (Wildman–Crippen LogP) is 4.58. The van der Waals surface area contributed by atoms with Gasteiger partial charge in [0.05, 0.1) is 0 Å². The lowest BCUT2D eigenvalue weighted by Crippen LogP contribution is -2.29.